The van der Waals surface area contributed by atoms with Crippen LogP contribution in [0.5, 0.6) is 0 Å². The van der Waals surface area contributed by atoms with E-state index in [0.717, 1.165) is 49.9 Å². The molecule has 0 fully saturated rings. The van der Waals surface area contributed by atoms with E-state index in [2.05, 4.69) is 76.1 Å². The second-order valence-electron chi connectivity index (χ2n) is 6.57. The molecule has 0 bridgehead atoms. The summed E-state index contributed by atoms with van der Waals surface area (Å²) in [7, 11) is 0. The van der Waals surface area contributed by atoms with E-state index < -0.39 is 0 Å². The predicted octanol–water partition coefficient (Wildman–Crippen LogP) is 3.37. The molecule has 2 heterocycles. The molecular formula is C21H25N5. The van der Waals surface area contributed by atoms with Gasteiger partial charge in [0.05, 0.1) is 17.6 Å². The van der Waals surface area contributed by atoms with Crippen LogP contribution in [0.25, 0.3) is 11.0 Å². The molecule has 1 aromatic heterocycles. The Kier molecular flexibility index (Phi) is 4.61. The molecule has 26 heavy (non-hydrogen) atoms. The summed E-state index contributed by atoms with van der Waals surface area (Å²) < 4.78 is 2.25. The van der Waals surface area contributed by atoms with Crippen molar-refractivity contribution in [1.29, 1.82) is 0 Å². The number of nitrogens with zero attached hydrogens (tertiary/aromatic N) is 4. The Morgan fingerprint density at radius 3 is 2.85 bits per heavy atom. The lowest BCUT2D eigenvalue weighted by molar-refractivity contribution is 0.699. The van der Waals surface area contributed by atoms with Gasteiger partial charge in [0, 0.05) is 25.3 Å². The van der Waals surface area contributed by atoms with Gasteiger partial charge in [-0.05, 0) is 44.0 Å². The van der Waals surface area contributed by atoms with Gasteiger partial charge in [0.1, 0.15) is 5.82 Å². The van der Waals surface area contributed by atoms with Crippen molar-refractivity contribution in [2.24, 2.45) is 4.99 Å². The van der Waals surface area contributed by atoms with Crippen molar-refractivity contribution in [1.82, 2.24) is 14.9 Å². The highest BCUT2D eigenvalue weighted by molar-refractivity contribution is 5.98. The van der Waals surface area contributed by atoms with Crippen LogP contribution < -0.4 is 10.2 Å². The monoisotopic (exact) mass is 347 g/mol. The van der Waals surface area contributed by atoms with Crippen molar-refractivity contribution < 1.29 is 0 Å². The number of benzene rings is 2. The van der Waals surface area contributed by atoms with Crippen molar-refractivity contribution in [2.45, 2.75) is 26.8 Å². The molecule has 0 radical (unpaired) electrons. The van der Waals surface area contributed by atoms with Crippen LogP contribution in [0.1, 0.15) is 18.3 Å². The lowest BCUT2D eigenvalue weighted by Crippen LogP contribution is -2.40. The predicted molar refractivity (Wildman–Crippen MR) is 108 cm³/mol. The third-order valence-electron chi connectivity index (χ3n) is 4.91. The number of anilines is 1. The van der Waals surface area contributed by atoms with Gasteiger partial charge in [-0.2, -0.15) is 0 Å². The molecule has 1 N–H and O–H groups in total. The maximum atomic E-state index is 4.90. The molecule has 0 saturated carbocycles. The number of aryl methyl sites for hydroxylation is 1. The van der Waals surface area contributed by atoms with Crippen LogP contribution in [-0.2, 0) is 13.0 Å². The van der Waals surface area contributed by atoms with E-state index in [4.69, 9.17) is 4.99 Å². The molecule has 0 unspecified atom stereocenters. The van der Waals surface area contributed by atoms with Gasteiger partial charge in [-0.1, -0.05) is 30.3 Å². The zero-order chi connectivity index (χ0) is 17.9. The van der Waals surface area contributed by atoms with Crippen LogP contribution in [-0.4, -0.2) is 35.1 Å². The second-order valence-corrected chi connectivity index (χ2v) is 6.57. The molecule has 1 aliphatic heterocycles. The van der Waals surface area contributed by atoms with Crippen LogP contribution in [0.3, 0.4) is 0 Å². The highest BCUT2D eigenvalue weighted by atomic mass is 15.3. The number of aliphatic imine (C=N–C) groups is 1. The second kappa shape index (κ2) is 7.20. The van der Waals surface area contributed by atoms with E-state index in [1.165, 1.54) is 16.8 Å². The van der Waals surface area contributed by atoms with Crippen molar-refractivity contribution in [3.63, 3.8) is 0 Å². The first-order valence-electron chi connectivity index (χ1n) is 9.33. The Morgan fingerprint density at radius 1 is 1.15 bits per heavy atom. The first-order valence-corrected chi connectivity index (χ1v) is 9.33. The Hall–Kier alpha value is -2.82. The summed E-state index contributed by atoms with van der Waals surface area (Å²) in [4.78, 5) is 11.8. The van der Waals surface area contributed by atoms with Gasteiger partial charge in [-0.15, -0.1) is 0 Å². The number of fused-ring (bicyclic) bond motifs is 2. The van der Waals surface area contributed by atoms with Gasteiger partial charge in [0.25, 0.3) is 0 Å². The van der Waals surface area contributed by atoms with Crippen molar-refractivity contribution in [3.05, 3.63) is 59.9 Å². The third-order valence-corrected chi connectivity index (χ3v) is 4.91. The van der Waals surface area contributed by atoms with Crippen molar-refractivity contribution in [3.8, 4) is 0 Å². The smallest absolute Gasteiger partial charge is 0.198 e. The molecule has 134 valence electrons. The molecular weight excluding hydrogens is 322 g/mol. The molecule has 0 spiro atoms. The first-order chi connectivity index (χ1) is 12.8. The number of para-hydroxylation sites is 3. The lowest BCUT2D eigenvalue weighted by Gasteiger charge is -2.22. The van der Waals surface area contributed by atoms with Crippen LogP contribution in [0.4, 0.5) is 5.69 Å². The fraction of sp³-hybridized carbons (Fsp3) is 0.333. The summed E-state index contributed by atoms with van der Waals surface area (Å²) in [5.74, 6) is 2.01. The number of guanidine groups is 1. The Morgan fingerprint density at radius 2 is 1.96 bits per heavy atom. The van der Waals surface area contributed by atoms with Crippen LogP contribution in [0, 0.1) is 6.92 Å². The number of rotatable bonds is 4. The molecule has 0 aliphatic carbocycles. The lowest BCUT2D eigenvalue weighted by atomic mass is 10.2. The fourth-order valence-electron chi connectivity index (χ4n) is 3.69. The van der Waals surface area contributed by atoms with E-state index in [0.29, 0.717) is 0 Å². The SMILES string of the molecule is CCNC(=NCCn1c(C)nc2ccccc21)N1CCc2ccccc21. The van der Waals surface area contributed by atoms with Crippen LogP contribution in [0.2, 0.25) is 0 Å². The van der Waals surface area contributed by atoms with Gasteiger partial charge in [0.15, 0.2) is 5.96 Å². The zero-order valence-electron chi connectivity index (χ0n) is 15.4. The summed E-state index contributed by atoms with van der Waals surface area (Å²) >= 11 is 0. The number of imidazole rings is 1. The molecule has 5 heteroatoms. The number of hydrogen-bond donors (Lipinski definition) is 1. The highest BCUT2D eigenvalue weighted by Gasteiger charge is 2.22. The topological polar surface area (TPSA) is 45.5 Å². The standard InChI is InChI=1S/C21H25N5/c1-3-22-21(26-14-12-17-8-4-6-10-19(17)26)23-13-15-25-16(2)24-18-9-5-7-11-20(18)25/h4-11H,3,12-15H2,1-2H3,(H,22,23). The molecule has 5 nitrogen and oxygen atoms in total. The molecule has 1 aliphatic rings. The zero-order valence-corrected chi connectivity index (χ0v) is 15.4. The van der Waals surface area contributed by atoms with Gasteiger partial charge < -0.3 is 14.8 Å². The normalized spacial score (nSPS) is 14.1. The molecule has 4 rings (SSSR count). The number of hydrogen-bond acceptors (Lipinski definition) is 2. The van der Waals surface area contributed by atoms with Gasteiger partial charge in [-0.25, -0.2) is 4.98 Å². The maximum absolute atomic E-state index is 4.90. The summed E-state index contributed by atoms with van der Waals surface area (Å²) in [5.41, 5.74) is 4.90. The average molecular weight is 347 g/mol. The average Bonchev–Trinajstić information content (AvgIpc) is 3.22. The summed E-state index contributed by atoms with van der Waals surface area (Å²) in [6, 6.07) is 16.9. The van der Waals surface area contributed by atoms with Crippen LogP contribution in [0.15, 0.2) is 53.5 Å². The number of aromatic nitrogens is 2. The van der Waals surface area contributed by atoms with Gasteiger partial charge in [0.2, 0.25) is 0 Å². The Balaban J connectivity index is 1.55. The minimum absolute atomic E-state index is 0.724. The fourth-order valence-corrected chi connectivity index (χ4v) is 3.69. The largest absolute Gasteiger partial charge is 0.356 e. The molecule has 2 aromatic carbocycles. The van der Waals surface area contributed by atoms with Crippen molar-refractivity contribution >= 4 is 22.7 Å². The van der Waals surface area contributed by atoms with Crippen molar-refractivity contribution in [2.75, 3.05) is 24.5 Å². The molecule has 0 saturated heterocycles. The molecule has 3 aromatic rings. The summed E-state index contributed by atoms with van der Waals surface area (Å²) in [6.07, 6.45) is 1.08. The van der Waals surface area contributed by atoms with E-state index in [1.54, 1.807) is 0 Å². The van der Waals surface area contributed by atoms with Crippen LogP contribution >= 0.6 is 0 Å². The minimum Gasteiger partial charge on any atom is -0.356 e. The van der Waals surface area contributed by atoms with E-state index in [1.807, 2.05) is 6.07 Å². The van der Waals surface area contributed by atoms with Gasteiger partial charge >= 0.3 is 0 Å². The number of nitrogens with one attached hydrogen (secondary N) is 1. The Labute approximate surface area is 154 Å². The summed E-state index contributed by atoms with van der Waals surface area (Å²) in [5, 5.41) is 3.45. The third kappa shape index (κ3) is 3.05. The highest BCUT2D eigenvalue weighted by Crippen LogP contribution is 2.27. The van der Waals surface area contributed by atoms with Gasteiger partial charge in [-0.3, -0.25) is 4.99 Å². The molecule has 0 amide bonds. The van der Waals surface area contributed by atoms with E-state index in [9.17, 15) is 0 Å². The minimum atomic E-state index is 0.724. The first kappa shape index (κ1) is 16.6. The van der Waals surface area contributed by atoms with E-state index in [-0.39, 0.29) is 0 Å². The molecule has 0 atom stereocenters. The maximum Gasteiger partial charge on any atom is 0.198 e. The Bertz CT molecular complexity index is 940. The van der Waals surface area contributed by atoms with E-state index >= 15 is 0 Å². The summed E-state index contributed by atoms with van der Waals surface area (Å²) in [6.45, 7) is 7.58. The quantitative estimate of drug-likeness (QED) is 0.581.